The Balaban J connectivity index is 1.34. The molecule has 1 heterocycles. The molecule has 0 spiro atoms. The first kappa shape index (κ1) is 31.6. The van der Waals surface area contributed by atoms with Gasteiger partial charge < -0.3 is 20.1 Å². The Kier molecular flexibility index (Phi) is 8.82. The van der Waals surface area contributed by atoms with Crippen molar-refractivity contribution in [2.75, 3.05) is 6.54 Å². The lowest BCUT2D eigenvalue weighted by molar-refractivity contribution is -0.143. The standard InChI is InChI=1S/C33H32F6N2O3/c1-3-19-11-21-13-25(14-22(21)12-20(19)4-2)40-16-28(42)26-5-7-29(31-27(26)6-8-30(43)41-31)44-17-18-9-23(32(34,35)36)15-24(10-18)33(37,38)39/h5-12,15,25,28,40,42H,3-4,13-14,16-17H2,1-2H3,(H,41,43). The molecule has 4 aromatic rings. The van der Waals surface area contributed by atoms with E-state index in [9.17, 15) is 36.2 Å². The minimum absolute atomic E-state index is 0.0391. The summed E-state index contributed by atoms with van der Waals surface area (Å²) in [4.78, 5) is 14.8. The average molecular weight is 619 g/mol. The van der Waals surface area contributed by atoms with Gasteiger partial charge in [-0.05, 0) is 89.4 Å². The van der Waals surface area contributed by atoms with E-state index in [1.807, 2.05) is 0 Å². The molecule has 0 bridgehead atoms. The van der Waals surface area contributed by atoms with Crippen LogP contribution in [-0.4, -0.2) is 22.7 Å². The Morgan fingerprint density at radius 2 is 1.48 bits per heavy atom. The fourth-order valence-corrected chi connectivity index (χ4v) is 5.89. The molecule has 0 saturated carbocycles. The van der Waals surface area contributed by atoms with Crippen molar-refractivity contribution in [1.82, 2.24) is 10.3 Å². The zero-order valence-corrected chi connectivity index (χ0v) is 24.1. The van der Waals surface area contributed by atoms with Crippen molar-refractivity contribution in [1.29, 1.82) is 0 Å². The van der Waals surface area contributed by atoms with E-state index in [4.69, 9.17) is 4.74 Å². The van der Waals surface area contributed by atoms with Gasteiger partial charge in [0.25, 0.3) is 0 Å². The number of aryl methyl sites for hydroxylation is 2. The molecule has 1 unspecified atom stereocenters. The third kappa shape index (κ3) is 6.78. The molecule has 0 radical (unpaired) electrons. The van der Waals surface area contributed by atoms with Crippen molar-refractivity contribution >= 4 is 10.9 Å². The number of ether oxygens (including phenoxy) is 1. The first-order valence-corrected chi connectivity index (χ1v) is 14.4. The van der Waals surface area contributed by atoms with E-state index in [0.717, 1.165) is 25.7 Å². The fourth-order valence-electron chi connectivity index (χ4n) is 5.89. The monoisotopic (exact) mass is 618 g/mol. The number of alkyl halides is 6. The molecule has 0 amide bonds. The van der Waals surface area contributed by atoms with E-state index >= 15 is 0 Å². The van der Waals surface area contributed by atoms with Crippen molar-refractivity contribution in [3.63, 3.8) is 0 Å². The highest BCUT2D eigenvalue weighted by atomic mass is 19.4. The Bertz CT molecular complexity index is 1660. The number of H-pyrrole nitrogens is 1. The van der Waals surface area contributed by atoms with Crippen LogP contribution in [0.25, 0.3) is 10.9 Å². The number of fused-ring (bicyclic) bond motifs is 2. The van der Waals surface area contributed by atoms with Crippen molar-refractivity contribution in [3.8, 4) is 5.75 Å². The average Bonchev–Trinajstić information content (AvgIpc) is 3.38. The summed E-state index contributed by atoms with van der Waals surface area (Å²) < 4.78 is 85.4. The summed E-state index contributed by atoms with van der Waals surface area (Å²) in [5, 5.41) is 15.0. The number of aliphatic hydroxyl groups is 1. The van der Waals surface area contributed by atoms with Gasteiger partial charge in [0.05, 0.1) is 22.7 Å². The van der Waals surface area contributed by atoms with Crippen molar-refractivity contribution < 1.29 is 36.2 Å². The highest BCUT2D eigenvalue weighted by Crippen LogP contribution is 2.37. The number of halogens is 6. The van der Waals surface area contributed by atoms with Crippen LogP contribution in [0.3, 0.4) is 0 Å². The van der Waals surface area contributed by atoms with Gasteiger partial charge in [0, 0.05) is 24.0 Å². The highest BCUT2D eigenvalue weighted by molar-refractivity contribution is 5.87. The Morgan fingerprint density at radius 1 is 0.886 bits per heavy atom. The summed E-state index contributed by atoms with van der Waals surface area (Å²) in [6.07, 6.45) is -7.34. The number of aliphatic hydroxyl groups excluding tert-OH is 1. The maximum Gasteiger partial charge on any atom is 0.416 e. The van der Waals surface area contributed by atoms with E-state index in [1.165, 1.54) is 40.5 Å². The van der Waals surface area contributed by atoms with E-state index in [1.54, 1.807) is 6.07 Å². The topological polar surface area (TPSA) is 74.3 Å². The van der Waals surface area contributed by atoms with Crippen LogP contribution in [0.1, 0.15) is 64.5 Å². The van der Waals surface area contributed by atoms with Gasteiger partial charge in [-0.15, -0.1) is 0 Å². The zero-order valence-electron chi connectivity index (χ0n) is 24.1. The largest absolute Gasteiger partial charge is 0.487 e. The molecule has 1 aliphatic carbocycles. The molecular formula is C33H32F6N2O3. The second-order valence-corrected chi connectivity index (χ2v) is 11.1. The summed E-state index contributed by atoms with van der Waals surface area (Å²) in [5.74, 6) is 0.0391. The lowest BCUT2D eigenvalue weighted by Crippen LogP contribution is -2.33. The smallest absolute Gasteiger partial charge is 0.416 e. The van der Waals surface area contributed by atoms with Gasteiger partial charge in [-0.1, -0.05) is 32.0 Å². The third-order valence-electron chi connectivity index (χ3n) is 8.11. The summed E-state index contributed by atoms with van der Waals surface area (Å²) in [7, 11) is 0. The molecule has 11 heteroatoms. The molecule has 1 aliphatic rings. The molecule has 44 heavy (non-hydrogen) atoms. The number of benzene rings is 3. The number of aromatic amines is 1. The van der Waals surface area contributed by atoms with Crippen molar-refractivity contribution in [3.05, 3.63) is 109 Å². The zero-order chi connectivity index (χ0) is 31.8. The number of nitrogens with one attached hydrogen (secondary N) is 2. The number of rotatable bonds is 9. The number of aromatic nitrogens is 1. The Labute approximate surface area is 249 Å². The number of pyridine rings is 1. The molecule has 1 aromatic heterocycles. The molecule has 3 aromatic carbocycles. The van der Waals surface area contributed by atoms with Crippen LogP contribution in [0.15, 0.2) is 59.4 Å². The van der Waals surface area contributed by atoms with Crippen LogP contribution in [0.5, 0.6) is 5.75 Å². The molecule has 5 rings (SSSR count). The van der Waals surface area contributed by atoms with Gasteiger partial charge in [0.2, 0.25) is 5.56 Å². The fraction of sp³-hybridized carbons (Fsp3) is 0.364. The minimum Gasteiger partial charge on any atom is -0.487 e. The quantitative estimate of drug-likeness (QED) is 0.176. The molecule has 3 N–H and O–H groups in total. The molecule has 234 valence electrons. The summed E-state index contributed by atoms with van der Waals surface area (Å²) in [6.45, 7) is 3.89. The molecular weight excluding hydrogens is 586 g/mol. The van der Waals surface area contributed by atoms with Crippen LogP contribution in [0, 0.1) is 0 Å². The van der Waals surface area contributed by atoms with Crippen LogP contribution < -0.4 is 15.6 Å². The highest BCUT2D eigenvalue weighted by Gasteiger charge is 2.37. The minimum atomic E-state index is -4.99. The summed E-state index contributed by atoms with van der Waals surface area (Å²) >= 11 is 0. The van der Waals surface area contributed by atoms with Gasteiger partial charge in [-0.25, -0.2) is 0 Å². The lowest BCUT2D eigenvalue weighted by atomic mass is 9.97. The van der Waals surface area contributed by atoms with Gasteiger partial charge in [0.15, 0.2) is 0 Å². The predicted molar refractivity (Wildman–Crippen MR) is 155 cm³/mol. The Hall–Kier alpha value is -3.83. The third-order valence-corrected chi connectivity index (χ3v) is 8.11. The summed E-state index contributed by atoms with van der Waals surface area (Å²) in [6, 6.07) is 11.7. The van der Waals surface area contributed by atoms with Gasteiger partial charge >= 0.3 is 12.4 Å². The first-order chi connectivity index (χ1) is 20.8. The second-order valence-electron chi connectivity index (χ2n) is 11.1. The van der Waals surface area contributed by atoms with Crippen molar-refractivity contribution in [2.45, 2.75) is 70.6 Å². The van der Waals surface area contributed by atoms with Crippen LogP contribution >= 0.6 is 0 Å². The summed E-state index contributed by atoms with van der Waals surface area (Å²) in [5.41, 5.74) is 2.23. The SMILES string of the molecule is CCc1cc2c(cc1CC)CC(NCC(O)c1ccc(OCc3cc(C(F)(F)F)cc(C(F)(F)F)c3)c3[nH]c(=O)ccc13)C2. The van der Waals surface area contributed by atoms with E-state index in [0.29, 0.717) is 23.1 Å². The number of hydrogen-bond donors (Lipinski definition) is 3. The normalized spacial score (nSPS) is 14.7. The van der Waals surface area contributed by atoms with E-state index < -0.39 is 41.7 Å². The second kappa shape index (κ2) is 12.3. The van der Waals surface area contributed by atoms with Crippen LogP contribution in [0.4, 0.5) is 26.3 Å². The molecule has 0 aliphatic heterocycles. The molecule has 1 atom stereocenters. The van der Waals surface area contributed by atoms with Gasteiger partial charge in [-0.2, -0.15) is 26.3 Å². The van der Waals surface area contributed by atoms with Crippen LogP contribution in [0.2, 0.25) is 0 Å². The lowest BCUT2D eigenvalue weighted by Gasteiger charge is -2.19. The maximum absolute atomic E-state index is 13.3. The maximum atomic E-state index is 13.3. The molecule has 5 nitrogen and oxygen atoms in total. The molecule has 0 saturated heterocycles. The first-order valence-electron chi connectivity index (χ1n) is 14.4. The van der Waals surface area contributed by atoms with Gasteiger partial charge in [-0.3, -0.25) is 4.79 Å². The Morgan fingerprint density at radius 3 is 2.02 bits per heavy atom. The molecule has 0 fully saturated rings. The van der Waals surface area contributed by atoms with E-state index in [2.05, 4.69) is 36.3 Å². The predicted octanol–water partition coefficient (Wildman–Crippen LogP) is 7.06. The number of hydrogen-bond acceptors (Lipinski definition) is 4. The van der Waals surface area contributed by atoms with Crippen molar-refractivity contribution in [2.24, 2.45) is 0 Å². The van der Waals surface area contributed by atoms with E-state index in [-0.39, 0.29) is 35.5 Å². The van der Waals surface area contributed by atoms with Crippen LogP contribution in [-0.2, 0) is 44.6 Å². The van der Waals surface area contributed by atoms with Gasteiger partial charge in [0.1, 0.15) is 12.4 Å².